The number of halogens is 8. The molecule has 0 heterocycles. The third-order valence-corrected chi connectivity index (χ3v) is 6.78. The first-order chi connectivity index (χ1) is 19.0. The summed E-state index contributed by atoms with van der Waals surface area (Å²) in [6, 6.07) is 9.45. The van der Waals surface area contributed by atoms with E-state index in [1.54, 1.807) is 51.1 Å². The van der Waals surface area contributed by atoms with Crippen molar-refractivity contribution in [3.05, 3.63) is 94.7 Å². The first-order valence-corrected chi connectivity index (χ1v) is 12.3. The second-order valence-corrected chi connectivity index (χ2v) is 9.40. The summed E-state index contributed by atoms with van der Waals surface area (Å²) in [5.41, 5.74) is -3.80. The lowest BCUT2D eigenvalue weighted by Crippen LogP contribution is -2.53. The number of nitrogens with zero attached hydrogens (tertiary/aromatic N) is 1. The number of benzene rings is 2. The summed E-state index contributed by atoms with van der Waals surface area (Å²) in [7, 11) is 0. The summed E-state index contributed by atoms with van der Waals surface area (Å²) in [6.45, 7) is 1.93. The van der Waals surface area contributed by atoms with Crippen LogP contribution in [0.3, 0.4) is 0 Å². The number of hydrogen-bond donors (Lipinski definition) is 2. The molecule has 0 saturated heterocycles. The number of aliphatic hydroxyl groups is 2. The molecule has 0 spiro atoms. The Labute approximate surface area is 231 Å². The number of aliphatic hydroxyl groups excluding tert-OH is 1. The van der Waals surface area contributed by atoms with Gasteiger partial charge < -0.3 is 14.9 Å². The lowest BCUT2D eigenvalue weighted by atomic mass is 9.90. The molecule has 0 unspecified atom stereocenters. The molecule has 41 heavy (non-hydrogen) atoms. The Hall–Kier alpha value is -3.51. The van der Waals surface area contributed by atoms with Gasteiger partial charge in [-0.15, -0.1) is 0 Å². The molecule has 0 aromatic heterocycles. The molecule has 222 valence electrons. The Morgan fingerprint density at radius 1 is 0.976 bits per heavy atom. The first kappa shape index (κ1) is 32.0. The lowest BCUT2D eigenvalue weighted by molar-refractivity contribution is -0.376. The molecular weight excluding hydrogens is 562 g/mol. The number of alkyl halides is 8. The number of ether oxygens (including phenoxy) is 1. The van der Waals surface area contributed by atoms with E-state index in [0.29, 0.717) is 40.3 Å². The summed E-state index contributed by atoms with van der Waals surface area (Å²) in [6.07, 6.45) is -8.12. The van der Waals surface area contributed by atoms with Gasteiger partial charge in [0.05, 0.1) is 11.8 Å². The van der Waals surface area contributed by atoms with Crippen LogP contribution in [0.15, 0.2) is 83.0 Å². The highest BCUT2D eigenvalue weighted by atomic mass is 19.4. The maximum absolute atomic E-state index is 13.2. The maximum atomic E-state index is 13.2. The highest BCUT2D eigenvalue weighted by molar-refractivity contribution is 5.96. The number of allylic oxidation sites excluding steroid dienone is 5. The number of aliphatic imine (C=N–C) groups is 1. The molecule has 4 nitrogen and oxygen atoms in total. The van der Waals surface area contributed by atoms with Gasteiger partial charge in [-0.1, -0.05) is 54.6 Å². The standard InChI is InChI=1S/C29H27F8NO3/c1-4-18(19-11-13-20(14-12-19)27(40,28(32,33)34)29(35,36)37)10-9-16(2)38-25-17(3)22(15-23(25)39)21-7-5-6-8-24(21)41-26(30)31/h4-14,22-23,26,39-40H,15H2,1-3H3/b10-9-,18-4+,38-16?/t22-,23+/m0/s1. The van der Waals surface area contributed by atoms with E-state index in [1.165, 1.54) is 12.1 Å². The van der Waals surface area contributed by atoms with Crippen molar-refractivity contribution in [2.24, 2.45) is 4.99 Å². The third kappa shape index (κ3) is 6.70. The van der Waals surface area contributed by atoms with Gasteiger partial charge in [-0.3, -0.25) is 4.99 Å². The van der Waals surface area contributed by atoms with E-state index in [1.807, 2.05) is 0 Å². The van der Waals surface area contributed by atoms with Gasteiger partial charge in [0.1, 0.15) is 5.75 Å². The van der Waals surface area contributed by atoms with Crippen molar-refractivity contribution in [2.75, 3.05) is 0 Å². The summed E-state index contributed by atoms with van der Waals surface area (Å²) < 4.78 is 109. The van der Waals surface area contributed by atoms with E-state index < -0.39 is 42.2 Å². The van der Waals surface area contributed by atoms with Crippen LogP contribution in [-0.2, 0) is 5.60 Å². The summed E-state index contributed by atoms with van der Waals surface area (Å²) in [4.78, 5) is 4.46. The first-order valence-electron chi connectivity index (χ1n) is 12.3. The lowest BCUT2D eigenvalue weighted by Gasteiger charge is -2.32. The third-order valence-electron chi connectivity index (χ3n) is 6.78. The minimum Gasteiger partial charge on any atom is -0.435 e. The quantitative estimate of drug-likeness (QED) is 0.187. The van der Waals surface area contributed by atoms with Crippen molar-refractivity contribution in [1.82, 2.24) is 0 Å². The zero-order valence-corrected chi connectivity index (χ0v) is 22.1. The van der Waals surface area contributed by atoms with Crippen molar-refractivity contribution < 1.29 is 50.1 Å². The van der Waals surface area contributed by atoms with Gasteiger partial charge in [-0.25, -0.2) is 0 Å². The predicted molar refractivity (Wildman–Crippen MR) is 137 cm³/mol. The Balaban J connectivity index is 1.86. The number of rotatable bonds is 8. The monoisotopic (exact) mass is 589 g/mol. The molecular formula is C29H27F8NO3. The fraction of sp³-hybridized carbons (Fsp3) is 0.345. The summed E-state index contributed by atoms with van der Waals surface area (Å²) >= 11 is 0. The van der Waals surface area contributed by atoms with E-state index in [4.69, 9.17) is 0 Å². The molecule has 0 bridgehead atoms. The molecule has 3 rings (SSSR count). The summed E-state index contributed by atoms with van der Waals surface area (Å²) in [5.74, 6) is -0.430. The van der Waals surface area contributed by atoms with Gasteiger partial charge in [0, 0.05) is 22.8 Å². The van der Waals surface area contributed by atoms with Crippen LogP contribution in [0, 0.1) is 0 Å². The highest BCUT2D eigenvalue weighted by Crippen LogP contribution is 2.50. The minimum atomic E-state index is -5.99. The van der Waals surface area contributed by atoms with E-state index in [0.717, 1.165) is 12.1 Å². The highest BCUT2D eigenvalue weighted by Gasteiger charge is 2.71. The van der Waals surface area contributed by atoms with Gasteiger partial charge in [-0.2, -0.15) is 35.1 Å². The van der Waals surface area contributed by atoms with Crippen molar-refractivity contribution in [3.63, 3.8) is 0 Å². The Bertz CT molecular complexity index is 1340. The van der Waals surface area contributed by atoms with Crippen molar-refractivity contribution in [1.29, 1.82) is 0 Å². The fourth-order valence-electron chi connectivity index (χ4n) is 4.64. The molecule has 2 atom stereocenters. The predicted octanol–water partition coefficient (Wildman–Crippen LogP) is 7.84. The van der Waals surface area contributed by atoms with Gasteiger partial charge in [0.15, 0.2) is 0 Å². The molecule has 0 amide bonds. The van der Waals surface area contributed by atoms with Gasteiger partial charge in [-0.05, 0) is 56.0 Å². The maximum Gasteiger partial charge on any atom is 0.430 e. The van der Waals surface area contributed by atoms with Crippen LogP contribution in [-0.4, -0.2) is 41.0 Å². The molecule has 2 N–H and O–H groups in total. The second kappa shape index (κ2) is 12.2. The van der Waals surface area contributed by atoms with Gasteiger partial charge >= 0.3 is 19.0 Å². The van der Waals surface area contributed by atoms with Crippen molar-refractivity contribution >= 4 is 11.3 Å². The average molecular weight is 590 g/mol. The number of hydrogen-bond acceptors (Lipinski definition) is 4. The molecule has 0 aliphatic heterocycles. The summed E-state index contributed by atoms with van der Waals surface area (Å²) in [5, 5.41) is 20.2. The van der Waals surface area contributed by atoms with Crippen LogP contribution < -0.4 is 4.74 Å². The topological polar surface area (TPSA) is 62.0 Å². The molecule has 1 aliphatic carbocycles. The Kier molecular flexibility index (Phi) is 9.49. The molecule has 0 fully saturated rings. The molecule has 2 aromatic rings. The van der Waals surface area contributed by atoms with E-state index in [2.05, 4.69) is 9.73 Å². The van der Waals surface area contributed by atoms with Crippen LogP contribution in [0.4, 0.5) is 35.1 Å². The molecule has 1 aliphatic rings. The molecule has 2 aromatic carbocycles. The van der Waals surface area contributed by atoms with Crippen LogP contribution in [0.25, 0.3) is 5.57 Å². The normalized spacial score (nSPS) is 19.6. The van der Waals surface area contributed by atoms with Gasteiger partial charge in [0.25, 0.3) is 5.60 Å². The minimum absolute atomic E-state index is 0.00597. The molecule has 12 heteroatoms. The van der Waals surface area contributed by atoms with Crippen LogP contribution in [0.1, 0.15) is 49.8 Å². The van der Waals surface area contributed by atoms with E-state index in [9.17, 15) is 45.3 Å². The average Bonchev–Trinajstić information content (AvgIpc) is 3.15. The Morgan fingerprint density at radius 3 is 2.10 bits per heavy atom. The second-order valence-electron chi connectivity index (χ2n) is 9.40. The zero-order valence-electron chi connectivity index (χ0n) is 22.1. The van der Waals surface area contributed by atoms with Crippen LogP contribution >= 0.6 is 0 Å². The van der Waals surface area contributed by atoms with Crippen molar-refractivity contribution in [2.45, 2.75) is 63.8 Å². The number of para-hydroxylation sites is 1. The van der Waals surface area contributed by atoms with Crippen molar-refractivity contribution in [3.8, 4) is 5.75 Å². The largest absolute Gasteiger partial charge is 0.435 e. The van der Waals surface area contributed by atoms with E-state index in [-0.39, 0.29) is 17.7 Å². The van der Waals surface area contributed by atoms with E-state index >= 15 is 0 Å². The SMILES string of the molecule is C/C=C(\C=C/C(C)=NC1=C(C)[C@@H](c2ccccc2OC(F)F)C[C@H]1O)c1ccc(C(O)(C(F)(F)F)C(F)(F)F)cc1. The smallest absolute Gasteiger partial charge is 0.430 e. The Morgan fingerprint density at radius 2 is 1.56 bits per heavy atom. The van der Waals surface area contributed by atoms with Crippen LogP contribution in [0.2, 0.25) is 0 Å². The van der Waals surface area contributed by atoms with Crippen LogP contribution in [0.5, 0.6) is 5.75 Å². The zero-order chi connectivity index (χ0) is 30.8. The fourth-order valence-corrected chi connectivity index (χ4v) is 4.64. The molecule has 0 saturated carbocycles. The van der Waals surface area contributed by atoms with Gasteiger partial charge in [0.2, 0.25) is 0 Å². The molecule has 0 radical (unpaired) electrons.